The highest BCUT2D eigenvalue weighted by Crippen LogP contribution is 2.09. The van der Waals surface area contributed by atoms with Crippen molar-refractivity contribution < 1.29 is 4.79 Å². The van der Waals surface area contributed by atoms with Gasteiger partial charge in [0.25, 0.3) is 0 Å². The highest BCUT2D eigenvalue weighted by Gasteiger charge is 2.02. The normalized spacial score (nSPS) is 10.9. The molecular formula is C10H14O. The first-order chi connectivity index (χ1) is 4.92. The Bertz CT molecular complexity index is 217. The van der Waals surface area contributed by atoms with Crippen LogP contribution >= 0.6 is 0 Å². The number of carbonyl (C=O) groups excluding carboxylic acids is 1. The number of hydrogen-bond acceptors (Lipinski definition) is 1. The van der Waals surface area contributed by atoms with E-state index < -0.39 is 0 Å². The van der Waals surface area contributed by atoms with Gasteiger partial charge < -0.3 is 0 Å². The molecule has 0 amide bonds. The van der Waals surface area contributed by atoms with Gasteiger partial charge in [-0.15, -0.1) is 0 Å². The van der Waals surface area contributed by atoms with Crippen molar-refractivity contribution >= 4 is 5.78 Å². The van der Waals surface area contributed by atoms with E-state index in [1.54, 1.807) is 6.08 Å². The molecule has 0 spiro atoms. The van der Waals surface area contributed by atoms with E-state index in [2.05, 4.69) is 11.8 Å². The largest absolute Gasteiger partial charge is 0.295 e. The van der Waals surface area contributed by atoms with Gasteiger partial charge in [0.15, 0.2) is 5.78 Å². The summed E-state index contributed by atoms with van der Waals surface area (Å²) in [6, 6.07) is 0. The molecule has 0 saturated heterocycles. The fourth-order valence-electron chi connectivity index (χ4n) is 0.417. The topological polar surface area (TPSA) is 17.1 Å². The van der Waals surface area contributed by atoms with Crippen molar-refractivity contribution in [1.29, 1.82) is 0 Å². The molecule has 0 atom stereocenters. The molecule has 0 aromatic rings. The van der Waals surface area contributed by atoms with Gasteiger partial charge in [-0.05, 0) is 39.8 Å². The summed E-state index contributed by atoms with van der Waals surface area (Å²) in [5.74, 6) is 5.83. The monoisotopic (exact) mass is 150 g/mol. The molecule has 0 aliphatic rings. The van der Waals surface area contributed by atoms with Gasteiger partial charge in [0.2, 0.25) is 0 Å². The van der Waals surface area contributed by atoms with E-state index in [1.165, 1.54) is 13.0 Å². The Hall–Kier alpha value is -1.03. The van der Waals surface area contributed by atoms with Crippen molar-refractivity contribution in [3.63, 3.8) is 0 Å². The zero-order chi connectivity index (χ0) is 8.91. The van der Waals surface area contributed by atoms with Gasteiger partial charge in [0, 0.05) is 5.41 Å². The molecular weight excluding hydrogens is 136 g/mol. The van der Waals surface area contributed by atoms with Crippen LogP contribution in [0.15, 0.2) is 12.2 Å². The molecule has 0 fully saturated rings. The Morgan fingerprint density at radius 2 is 1.91 bits per heavy atom. The van der Waals surface area contributed by atoms with Crippen molar-refractivity contribution in [3.8, 4) is 11.8 Å². The molecule has 11 heavy (non-hydrogen) atoms. The molecule has 0 aromatic heterocycles. The van der Waals surface area contributed by atoms with Crippen molar-refractivity contribution in [2.24, 2.45) is 5.41 Å². The Kier molecular flexibility index (Phi) is 3.60. The predicted octanol–water partition coefficient (Wildman–Crippen LogP) is 2.18. The van der Waals surface area contributed by atoms with Crippen LogP contribution in [0.4, 0.5) is 0 Å². The Morgan fingerprint density at radius 3 is 2.27 bits per heavy atom. The van der Waals surface area contributed by atoms with Gasteiger partial charge in [-0.1, -0.05) is 11.8 Å². The maximum Gasteiger partial charge on any atom is 0.153 e. The summed E-state index contributed by atoms with van der Waals surface area (Å²) >= 11 is 0. The Labute approximate surface area is 68.5 Å². The van der Waals surface area contributed by atoms with E-state index >= 15 is 0 Å². The fraction of sp³-hybridized carbons (Fsp3) is 0.500. The van der Waals surface area contributed by atoms with Crippen LogP contribution in [-0.2, 0) is 4.79 Å². The van der Waals surface area contributed by atoms with Gasteiger partial charge in [0.1, 0.15) is 0 Å². The molecule has 1 heteroatoms. The summed E-state index contributed by atoms with van der Waals surface area (Å²) in [6.07, 6.45) is 3.06. The van der Waals surface area contributed by atoms with E-state index in [0.29, 0.717) is 0 Å². The minimum Gasteiger partial charge on any atom is -0.295 e. The highest BCUT2D eigenvalue weighted by molar-refractivity contribution is 5.87. The Balaban J connectivity index is 4.02. The second kappa shape index (κ2) is 3.98. The molecule has 0 unspecified atom stereocenters. The highest BCUT2D eigenvalue weighted by atomic mass is 16.1. The summed E-state index contributed by atoms with van der Waals surface area (Å²) in [7, 11) is 0. The summed E-state index contributed by atoms with van der Waals surface area (Å²) in [5.41, 5.74) is 0.0150. The molecule has 0 aliphatic heterocycles. The smallest absolute Gasteiger partial charge is 0.153 e. The van der Waals surface area contributed by atoms with Crippen LogP contribution in [0, 0.1) is 17.3 Å². The maximum atomic E-state index is 10.4. The van der Waals surface area contributed by atoms with Crippen LogP contribution < -0.4 is 0 Å². The quantitative estimate of drug-likeness (QED) is 0.413. The third-order valence-electron chi connectivity index (χ3n) is 0.849. The first kappa shape index (κ1) is 9.97. The van der Waals surface area contributed by atoms with Crippen molar-refractivity contribution in [2.45, 2.75) is 27.7 Å². The molecule has 0 saturated carbocycles. The van der Waals surface area contributed by atoms with Crippen LogP contribution in [0.25, 0.3) is 0 Å². The number of allylic oxidation sites excluding steroid dienone is 2. The van der Waals surface area contributed by atoms with Crippen molar-refractivity contribution in [1.82, 2.24) is 0 Å². The van der Waals surface area contributed by atoms with Gasteiger partial charge in [0.05, 0.1) is 0 Å². The molecule has 0 heterocycles. The van der Waals surface area contributed by atoms with Crippen molar-refractivity contribution in [2.75, 3.05) is 0 Å². The molecule has 0 aliphatic carbocycles. The SMILES string of the molecule is CC(=O)/C=C\C#CC(C)(C)C. The summed E-state index contributed by atoms with van der Waals surface area (Å²) in [4.78, 5) is 10.4. The van der Waals surface area contributed by atoms with Crippen LogP contribution in [0.2, 0.25) is 0 Å². The first-order valence-electron chi connectivity index (χ1n) is 3.61. The van der Waals surface area contributed by atoms with Crippen LogP contribution in [0.1, 0.15) is 27.7 Å². The molecule has 0 rings (SSSR count). The van der Waals surface area contributed by atoms with E-state index in [9.17, 15) is 4.79 Å². The second-order valence-corrected chi connectivity index (χ2v) is 3.46. The van der Waals surface area contributed by atoms with Gasteiger partial charge >= 0.3 is 0 Å². The number of hydrogen-bond donors (Lipinski definition) is 0. The zero-order valence-electron chi connectivity index (χ0n) is 7.56. The summed E-state index contributed by atoms with van der Waals surface area (Å²) < 4.78 is 0. The predicted molar refractivity (Wildman–Crippen MR) is 47.1 cm³/mol. The van der Waals surface area contributed by atoms with Gasteiger partial charge in [-0.25, -0.2) is 0 Å². The maximum absolute atomic E-state index is 10.4. The Morgan fingerprint density at radius 1 is 1.36 bits per heavy atom. The minimum atomic E-state index is 0.0150. The van der Waals surface area contributed by atoms with E-state index in [1.807, 2.05) is 20.8 Å². The average Bonchev–Trinajstić information content (AvgIpc) is 1.78. The van der Waals surface area contributed by atoms with Crippen LogP contribution in [-0.4, -0.2) is 5.78 Å². The van der Waals surface area contributed by atoms with E-state index in [4.69, 9.17) is 0 Å². The van der Waals surface area contributed by atoms with E-state index in [-0.39, 0.29) is 11.2 Å². The van der Waals surface area contributed by atoms with Gasteiger partial charge in [-0.2, -0.15) is 0 Å². The fourth-order valence-corrected chi connectivity index (χ4v) is 0.417. The number of rotatable bonds is 1. The average molecular weight is 150 g/mol. The third-order valence-corrected chi connectivity index (χ3v) is 0.849. The lowest BCUT2D eigenvalue weighted by atomic mass is 9.98. The van der Waals surface area contributed by atoms with E-state index in [0.717, 1.165) is 0 Å². The summed E-state index contributed by atoms with van der Waals surface area (Å²) in [6.45, 7) is 7.60. The minimum absolute atomic E-state index is 0.0150. The van der Waals surface area contributed by atoms with Crippen molar-refractivity contribution in [3.05, 3.63) is 12.2 Å². The third kappa shape index (κ3) is 8.97. The number of ketones is 1. The van der Waals surface area contributed by atoms with Crippen LogP contribution in [0.5, 0.6) is 0 Å². The molecule has 0 aromatic carbocycles. The zero-order valence-corrected chi connectivity index (χ0v) is 7.56. The molecule has 0 radical (unpaired) electrons. The molecule has 60 valence electrons. The second-order valence-electron chi connectivity index (χ2n) is 3.46. The standard InChI is InChI=1S/C10H14O/c1-9(11)7-5-6-8-10(2,3)4/h5,7H,1-4H3/b7-5-. The van der Waals surface area contributed by atoms with Gasteiger partial charge in [-0.3, -0.25) is 4.79 Å². The lowest BCUT2D eigenvalue weighted by Gasteiger charge is -2.05. The lowest BCUT2D eigenvalue weighted by Crippen LogP contribution is -1.98. The van der Waals surface area contributed by atoms with Crippen LogP contribution in [0.3, 0.4) is 0 Å². The molecule has 0 N–H and O–H groups in total. The molecule has 1 nitrogen and oxygen atoms in total. The molecule has 0 bridgehead atoms. The number of carbonyl (C=O) groups is 1. The summed E-state index contributed by atoms with van der Waals surface area (Å²) in [5, 5.41) is 0. The first-order valence-corrected chi connectivity index (χ1v) is 3.61. The lowest BCUT2D eigenvalue weighted by molar-refractivity contribution is -0.112.